The van der Waals surface area contributed by atoms with Gasteiger partial charge in [-0.2, -0.15) is 17.5 Å². The molecule has 30 heavy (non-hydrogen) atoms. The van der Waals surface area contributed by atoms with Crippen LogP contribution in [0.1, 0.15) is 12.0 Å². The molecular weight excluding hydrogens is 426 g/mol. The first-order chi connectivity index (χ1) is 14.1. The van der Waals surface area contributed by atoms with E-state index in [1.807, 2.05) is 0 Å². The fraction of sp³-hybridized carbons (Fsp3) is 0.316. The Balaban J connectivity index is 1.87. The van der Waals surface area contributed by atoms with Crippen LogP contribution in [0.4, 0.5) is 23.2 Å². The lowest BCUT2D eigenvalue weighted by Crippen LogP contribution is -2.45. The first kappa shape index (κ1) is 22.2. The number of hydrogen-bond donors (Lipinski definition) is 2. The fourth-order valence-electron chi connectivity index (χ4n) is 3.14. The summed E-state index contributed by atoms with van der Waals surface area (Å²) in [5.74, 6) is -1.19. The van der Waals surface area contributed by atoms with Crippen molar-refractivity contribution >= 4 is 21.6 Å². The monoisotopic (exact) mass is 445 g/mol. The Kier molecular flexibility index (Phi) is 6.44. The number of carbonyl (C=O) groups excluding carboxylic acids is 1. The average Bonchev–Trinajstić information content (AvgIpc) is 3.21. The van der Waals surface area contributed by atoms with E-state index >= 15 is 0 Å². The molecule has 1 heterocycles. The van der Waals surface area contributed by atoms with Crippen LogP contribution >= 0.6 is 0 Å². The van der Waals surface area contributed by atoms with Crippen molar-refractivity contribution in [3.8, 4) is 0 Å². The molecule has 2 aromatic carbocycles. The lowest BCUT2D eigenvalue weighted by molar-refractivity contribution is -0.137. The Morgan fingerprint density at radius 3 is 2.47 bits per heavy atom. The van der Waals surface area contributed by atoms with Crippen molar-refractivity contribution in [1.29, 1.82) is 0 Å². The number of nitrogens with zero attached hydrogens (tertiary/aromatic N) is 1. The van der Waals surface area contributed by atoms with Gasteiger partial charge in [0.2, 0.25) is 15.9 Å². The van der Waals surface area contributed by atoms with Crippen LogP contribution in [0.3, 0.4) is 0 Å². The van der Waals surface area contributed by atoms with Crippen LogP contribution in [0.5, 0.6) is 0 Å². The highest BCUT2D eigenvalue weighted by Gasteiger charge is 2.37. The van der Waals surface area contributed by atoms with Crippen LogP contribution in [0.2, 0.25) is 0 Å². The van der Waals surface area contributed by atoms with E-state index in [2.05, 4.69) is 10.6 Å². The average molecular weight is 445 g/mol. The van der Waals surface area contributed by atoms with E-state index in [0.717, 1.165) is 34.6 Å². The Morgan fingerprint density at radius 2 is 1.87 bits per heavy atom. The Labute approximate surface area is 170 Å². The summed E-state index contributed by atoms with van der Waals surface area (Å²) in [6.45, 7) is 0.184. The number of amides is 1. The van der Waals surface area contributed by atoms with E-state index in [1.54, 1.807) is 0 Å². The van der Waals surface area contributed by atoms with E-state index in [1.165, 1.54) is 12.1 Å². The Bertz CT molecular complexity index is 1000. The minimum Gasteiger partial charge on any atom is -0.325 e. The van der Waals surface area contributed by atoms with E-state index in [9.17, 15) is 30.8 Å². The van der Waals surface area contributed by atoms with Crippen LogP contribution < -0.4 is 10.6 Å². The normalized spacial score (nSPS) is 17.3. The summed E-state index contributed by atoms with van der Waals surface area (Å²) < 4.78 is 79.3. The van der Waals surface area contributed by atoms with Crippen molar-refractivity contribution in [1.82, 2.24) is 9.62 Å². The number of halogens is 4. The molecule has 1 aliphatic heterocycles. The second-order valence-corrected chi connectivity index (χ2v) is 8.67. The number of alkyl halides is 3. The van der Waals surface area contributed by atoms with Gasteiger partial charge in [-0.25, -0.2) is 12.8 Å². The largest absolute Gasteiger partial charge is 0.416 e. The number of nitrogens with one attached hydrogen (secondary N) is 2. The number of anilines is 1. The summed E-state index contributed by atoms with van der Waals surface area (Å²) in [5, 5.41) is 5.45. The second kappa shape index (κ2) is 8.70. The molecule has 0 bridgehead atoms. The number of benzene rings is 2. The predicted octanol–water partition coefficient (Wildman–Crippen LogP) is 2.84. The van der Waals surface area contributed by atoms with Crippen molar-refractivity contribution < 1.29 is 30.8 Å². The van der Waals surface area contributed by atoms with Crippen molar-refractivity contribution in [2.45, 2.75) is 23.5 Å². The Morgan fingerprint density at radius 1 is 1.17 bits per heavy atom. The maximum atomic E-state index is 13.1. The molecule has 1 atom stereocenters. The van der Waals surface area contributed by atoms with Gasteiger partial charge in [0.05, 0.1) is 17.0 Å². The van der Waals surface area contributed by atoms with Gasteiger partial charge in [-0.3, -0.25) is 4.79 Å². The van der Waals surface area contributed by atoms with Crippen molar-refractivity contribution in [3.05, 3.63) is 59.9 Å². The van der Waals surface area contributed by atoms with E-state index in [0.29, 0.717) is 19.0 Å². The highest BCUT2D eigenvalue weighted by atomic mass is 32.2. The predicted molar refractivity (Wildman–Crippen MR) is 102 cm³/mol. The van der Waals surface area contributed by atoms with Gasteiger partial charge in [-0.05, 0) is 55.4 Å². The van der Waals surface area contributed by atoms with Gasteiger partial charge >= 0.3 is 6.18 Å². The summed E-state index contributed by atoms with van der Waals surface area (Å²) >= 11 is 0. The molecule has 2 N–H and O–H groups in total. The molecule has 0 radical (unpaired) electrons. The number of carbonyl (C=O) groups is 1. The molecule has 6 nitrogen and oxygen atoms in total. The van der Waals surface area contributed by atoms with Crippen LogP contribution in [-0.2, 0) is 21.0 Å². The molecule has 0 saturated carbocycles. The van der Waals surface area contributed by atoms with Crippen molar-refractivity contribution in [3.63, 3.8) is 0 Å². The maximum absolute atomic E-state index is 13.1. The summed E-state index contributed by atoms with van der Waals surface area (Å²) in [7, 11) is -4.39. The highest BCUT2D eigenvalue weighted by molar-refractivity contribution is 7.89. The molecule has 11 heteroatoms. The van der Waals surface area contributed by atoms with Crippen molar-refractivity contribution in [2.24, 2.45) is 0 Å². The molecule has 2 aromatic rings. The van der Waals surface area contributed by atoms with E-state index in [4.69, 9.17) is 0 Å². The summed E-state index contributed by atoms with van der Waals surface area (Å²) in [5.41, 5.74) is -0.828. The molecule has 0 aliphatic carbocycles. The summed E-state index contributed by atoms with van der Waals surface area (Å²) in [4.78, 5) is 11.9. The van der Waals surface area contributed by atoms with E-state index in [-0.39, 0.29) is 12.2 Å². The molecule has 1 saturated heterocycles. The standard InChI is InChI=1S/C19H19F4N3O3S/c20-14-4-6-15(7-5-14)25-18(27)12-26(16-8-9-24-11-16)30(28,29)17-3-1-2-13(10-17)19(21,22)23/h1-7,10,16,24H,8-9,11-12H2,(H,25,27). The van der Waals surface area contributed by atoms with Gasteiger partial charge in [0.1, 0.15) is 5.82 Å². The summed E-state index contributed by atoms with van der Waals surface area (Å²) in [6, 6.07) is 7.72. The molecule has 1 aliphatic rings. The molecular formula is C19H19F4N3O3S. The van der Waals surface area contributed by atoms with Gasteiger partial charge in [-0.1, -0.05) is 6.07 Å². The third kappa shape index (κ3) is 5.15. The fourth-order valence-corrected chi connectivity index (χ4v) is 4.80. The zero-order chi connectivity index (χ0) is 21.9. The van der Waals surface area contributed by atoms with Crippen LogP contribution in [-0.4, -0.2) is 44.3 Å². The molecule has 1 amide bonds. The van der Waals surface area contributed by atoms with Crippen LogP contribution in [0, 0.1) is 5.82 Å². The SMILES string of the molecule is O=C(CN(C1CCNC1)S(=O)(=O)c1cccc(C(F)(F)F)c1)Nc1ccc(F)cc1. The van der Waals surface area contributed by atoms with Gasteiger partial charge in [0, 0.05) is 18.3 Å². The first-order valence-electron chi connectivity index (χ1n) is 9.02. The molecule has 0 aromatic heterocycles. The smallest absolute Gasteiger partial charge is 0.325 e. The van der Waals surface area contributed by atoms with E-state index < -0.39 is 51.0 Å². The van der Waals surface area contributed by atoms with Gasteiger partial charge in [-0.15, -0.1) is 0 Å². The highest BCUT2D eigenvalue weighted by Crippen LogP contribution is 2.31. The number of hydrogen-bond acceptors (Lipinski definition) is 4. The minimum atomic E-state index is -4.70. The topological polar surface area (TPSA) is 78.5 Å². The Hall–Kier alpha value is -2.50. The third-order valence-electron chi connectivity index (χ3n) is 4.64. The molecule has 1 unspecified atom stereocenters. The lowest BCUT2D eigenvalue weighted by atomic mass is 10.2. The molecule has 3 rings (SSSR count). The molecule has 0 spiro atoms. The quantitative estimate of drug-likeness (QED) is 0.671. The molecule has 1 fully saturated rings. The minimum absolute atomic E-state index is 0.266. The van der Waals surface area contributed by atoms with Crippen LogP contribution in [0.15, 0.2) is 53.4 Å². The third-order valence-corrected chi connectivity index (χ3v) is 6.53. The van der Waals surface area contributed by atoms with Crippen LogP contribution in [0.25, 0.3) is 0 Å². The van der Waals surface area contributed by atoms with Crippen molar-refractivity contribution in [2.75, 3.05) is 25.0 Å². The number of sulfonamides is 1. The van der Waals surface area contributed by atoms with Gasteiger partial charge in [0.25, 0.3) is 0 Å². The number of rotatable bonds is 6. The zero-order valence-electron chi connectivity index (χ0n) is 15.6. The molecule has 162 valence electrons. The first-order valence-corrected chi connectivity index (χ1v) is 10.5. The summed E-state index contributed by atoms with van der Waals surface area (Å²) in [6.07, 6.45) is -4.30. The zero-order valence-corrected chi connectivity index (χ0v) is 16.4. The van der Waals surface area contributed by atoms with Gasteiger partial charge in [0.15, 0.2) is 0 Å². The lowest BCUT2D eigenvalue weighted by Gasteiger charge is -2.27. The second-order valence-electron chi connectivity index (χ2n) is 6.78. The maximum Gasteiger partial charge on any atom is 0.416 e. The van der Waals surface area contributed by atoms with Gasteiger partial charge < -0.3 is 10.6 Å².